The molecule has 0 saturated carbocycles. The van der Waals surface area contributed by atoms with Crippen molar-refractivity contribution in [2.75, 3.05) is 26.9 Å². The van der Waals surface area contributed by atoms with Crippen LogP contribution in [0.2, 0.25) is 0 Å². The lowest BCUT2D eigenvalue weighted by Crippen LogP contribution is -2.35. The molecule has 0 amide bonds. The van der Waals surface area contributed by atoms with Gasteiger partial charge < -0.3 is 14.8 Å². The molecule has 3 heteroatoms. The highest BCUT2D eigenvalue weighted by Gasteiger charge is 2.15. The van der Waals surface area contributed by atoms with E-state index in [1.165, 1.54) is 25.7 Å². The van der Waals surface area contributed by atoms with E-state index in [0.29, 0.717) is 12.1 Å². The van der Waals surface area contributed by atoms with E-state index >= 15 is 0 Å². The van der Waals surface area contributed by atoms with E-state index in [1.54, 1.807) is 7.11 Å². The Labute approximate surface area is 93.5 Å². The van der Waals surface area contributed by atoms with Crippen LogP contribution in [-0.4, -0.2) is 39.0 Å². The van der Waals surface area contributed by atoms with Crippen molar-refractivity contribution in [2.45, 2.75) is 51.2 Å². The molecule has 3 nitrogen and oxygen atoms in total. The Bertz CT molecular complexity index is 141. The van der Waals surface area contributed by atoms with Crippen LogP contribution in [0, 0.1) is 0 Å². The maximum atomic E-state index is 5.58. The maximum Gasteiger partial charge on any atom is 0.0615 e. The van der Waals surface area contributed by atoms with Crippen LogP contribution in [-0.2, 0) is 9.47 Å². The number of ether oxygens (including phenoxy) is 2. The molecule has 15 heavy (non-hydrogen) atoms. The molecule has 0 aliphatic carbocycles. The van der Waals surface area contributed by atoms with Crippen LogP contribution in [0.1, 0.15) is 39.0 Å². The zero-order chi connectivity index (χ0) is 10.9. The number of methoxy groups -OCH3 is 1. The second kappa shape index (κ2) is 8.08. The van der Waals surface area contributed by atoms with Crippen LogP contribution >= 0.6 is 0 Å². The summed E-state index contributed by atoms with van der Waals surface area (Å²) in [6.45, 7) is 5.05. The van der Waals surface area contributed by atoms with Crippen molar-refractivity contribution in [2.24, 2.45) is 0 Å². The minimum Gasteiger partial charge on any atom is -0.383 e. The number of rotatable bonds is 8. The lowest BCUT2D eigenvalue weighted by molar-refractivity contribution is 0.101. The summed E-state index contributed by atoms with van der Waals surface area (Å²) in [5.74, 6) is 0. The van der Waals surface area contributed by atoms with Crippen molar-refractivity contribution in [3.63, 3.8) is 0 Å². The summed E-state index contributed by atoms with van der Waals surface area (Å²) in [5, 5.41) is 3.54. The molecule has 1 N–H and O–H groups in total. The molecule has 0 aromatic carbocycles. The van der Waals surface area contributed by atoms with Gasteiger partial charge in [0.1, 0.15) is 0 Å². The smallest absolute Gasteiger partial charge is 0.0615 e. The van der Waals surface area contributed by atoms with Gasteiger partial charge in [-0.25, -0.2) is 0 Å². The summed E-state index contributed by atoms with van der Waals surface area (Å²) in [7, 11) is 1.77. The molecule has 0 spiro atoms. The summed E-state index contributed by atoms with van der Waals surface area (Å²) < 4.78 is 10.8. The summed E-state index contributed by atoms with van der Waals surface area (Å²) in [4.78, 5) is 0. The molecular weight excluding hydrogens is 190 g/mol. The summed E-state index contributed by atoms with van der Waals surface area (Å²) in [6.07, 6.45) is 6.53. The molecule has 1 saturated heterocycles. The van der Waals surface area contributed by atoms with Gasteiger partial charge in [0.2, 0.25) is 0 Å². The molecule has 90 valence electrons. The van der Waals surface area contributed by atoms with Crippen LogP contribution in [0.25, 0.3) is 0 Å². The van der Waals surface area contributed by atoms with E-state index in [-0.39, 0.29) is 0 Å². The standard InChI is InChI=1S/C12H25NO2/c1-3-5-11(10-14-2)13-8-7-12-6-4-9-15-12/h11-13H,3-10H2,1-2H3. The van der Waals surface area contributed by atoms with Gasteiger partial charge in [0, 0.05) is 19.8 Å². The van der Waals surface area contributed by atoms with Gasteiger partial charge in [0.15, 0.2) is 0 Å². The molecule has 0 aromatic heterocycles. The van der Waals surface area contributed by atoms with Gasteiger partial charge in [-0.2, -0.15) is 0 Å². The van der Waals surface area contributed by atoms with Gasteiger partial charge in [0.25, 0.3) is 0 Å². The minimum absolute atomic E-state index is 0.502. The molecule has 2 atom stereocenters. The SMILES string of the molecule is CCCC(COC)NCCC1CCCO1. The fourth-order valence-electron chi connectivity index (χ4n) is 2.11. The van der Waals surface area contributed by atoms with E-state index in [2.05, 4.69) is 12.2 Å². The first-order valence-corrected chi connectivity index (χ1v) is 6.20. The zero-order valence-corrected chi connectivity index (χ0v) is 10.1. The van der Waals surface area contributed by atoms with E-state index < -0.39 is 0 Å². The number of nitrogens with one attached hydrogen (secondary N) is 1. The first-order valence-electron chi connectivity index (χ1n) is 6.20. The van der Waals surface area contributed by atoms with Gasteiger partial charge in [-0.3, -0.25) is 0 Å². The van der Waals surface area contributed by atoms with Gasteiger partial charge >= 0.3 is 0 Å². The highest BCUT2D eigenvalue weighted by Crippen LogP contribution is 2.14. The Hall–Kier alpha value is -0.120. The van der Waals surface area contributed by atoms with Crippen molar-refractivity contribution in [1.82, 2.24) is 5.32 Å². The molecule has 1 heterocycles. The zero-order valence-electron chi connectivity index (χ0n) is 10.1. The Balaban J connectivity index is 2.04. The van der Waals surface area contributed by atoms with Crippen LogP contribution < -0.4 is 5.32 Å². The molecule has 2 unspecified atom stereocenters. The predicted octanol–water partition coefficient (Wildman–Crippen LogP) is 1.96. The number of hydrogen-bond donors (Lipinski definition) is 1. The van der Waals surface area contributed by atoms with Crippen LogP contribution in [0.5, 0.6) is 0 Å². The molecular formula is C12H25NO2. The quantitative estimate of drug-likeness (QED) is 0.671. The van der Waals surface area contributed by atoms with Crippen molar-refractivity contribution >= 4 is 0 Å². The van der Waals surface area contributed by atoms with Crippen molar-refractivity contribution < 1.29 is 9.47 Å². The fourth-order valence-corrected chi connectivity index (χ4v) is 2.11. The molecule has 1 aliphatic rings. The minimum atomic E-state index is 0.502. The van der Waals surface area contributed by atoms with Crippen LogP contribution in [0.3, 0.4) is 0 Å². The lowest BCUT2D eigenvalue weighted by Gasteiger charge is -2.18. The first-order chi connectivity index (χ1) is 7.36. The lowest BCUT2D eigenvalue weighted by atomic mass is 10.1. The largest absolute Gasteiger partial charge is 0.383 e. The topological polar surface area (TPSA) is 30.5 Å². The predicted molar refractivity (Wildman–Crippen MR) is 62.2 cm³/mol. The molecule has 1 rings (SSSR count). The molecule has 0 aromatic rings. The molecule has 1 aliphatic heterocycles. The molecule has 0 bridgehead atoms. The van der Waals surface area contributed by atoms with Crippen molar-refractivity contribution in [1.29, 1.82) is 0 Å². The van der Waals surface area contributed by atoms with Gasteiger partial charge in [-0.05, 0) is 32.2 Å². The average molecular weight is 215 g/mol. The Morgan fingerprint density at radius 2 is 2.40 bits per heavy atom. The maximum absolute atomic E-state index is 5.58. The molecule has 1 fully saturated rings. The summed E-state index contributed by atoms with van der Waals surface area (Å²) in [5.41, 5.74) is 0. The third-order valence-electron chi connectivity index (χ3n) is 2.93. The Morgan fingerprint density at radius 1 is 1.53 bits per heavy atom. The third kappa shape index (κ3) is 5.50. The van der Waals surface area contributed by atoms with E-state index in [1.807, 2.05) is 0 Å². The van der Waals surface area contributed by atoms with E-state index in [9.17, 15) is 0 Å². The fraction of sp³-hybridized carbons (Fsp3) is 1.00. The second-order valence-corrected chi connectivity index (χ2v) is 4.32. The number of hydrogen-bond acceptors (Lipinski definition) is 3. The summed E-state index contributed by atoms with van der Waals surface area (Å²) >= 11 is 0. The first kappa shape index (κ1) is 12.9. The molecule has 0 radical (unpaired) electrons. The van der Waals surface area contributed by atoms with Crippen molar-refractivity contribution in [3.05, 3.63) is 0 Å². The summed E-state index contributed by atoms with van der Waals surface area (Å²) in [6, 6.07) is 0.515. The van der Waals surface area contributed by atoms with Gasteiger partial charge in [-0.1, -0.05) is 13.3 Å². The van der Waals surface area contributed by atoms with E-state index in [4.69, 9.17) is 9.47 Å². The van der Waals surface area contributed by atoms with Gasteiger partial charge in [-0.15, -0.1) is 0 Å². The van der Waals surface area contributed by atoms with Crippen LogP contribution in [0.4, 0.5) is 0 Å². The second-order valence-electron chi connectivity index (χ2n) is 4.32. The normalized spacial score (nSPS) is 23.2. The third-order valence-corrected chi connectivity index (χ3v) is 2.93. The van der Waals surface area contributed by atoms with E-state index in [0.717, 1.165) is 26.2 Å². The van der Waals surface area contributed by atoms with Crippen molar-refractivity contribution in [3.8, 4) is 0 Å². The highest BCUT2D eigenvalue weighted by atomic mass is 16.5. The Morgan fingerprint density at radius 3 is 3.00 bits per heavy atom. The van der Waals surface area contributed by atoms with Crippen LogP contribution in [0.15, 0.2) is 0 Å². The van der Waals surface area contributed by atoms with Gasteiger partial charge in [0.05, 0.1) is 12.7 Å². The highest BCUT2D eigenvalue weighted by molar-refractivity contribution is 4.70. The Kier molecular flexibility index (Phi) is 6.98. The average Bonchev–Trinajstić information content (AvgIpc) is 2.71. The monoisotopic (exact) mass is 215 g/mol.